The second kappa shape index (κ2) is 5.02. The van der Waals surface area contributed by atoms with Gasteiger partial charge in [-0.05, 0) is 17.5 Å². The number of ether oxygens (including phenoxy) is 1. The third-order valence-electron chi connectivity index (χ3n) is 3.34. The van der Waals surface area contributed by atoms with Crippen molar-refractivity contribution in [3.05, 3.63) is 28.9 Å². The number of methoxy groups -OCH3 is 1. The molecule has 1 aromatic carbocycles. The summed E-state index contributed by atoms with van der Waals surface area (Å²) in [6.45, 7) is 6.37. The number of nitrogen functional groups attached to an aromatic ring is 1. The summed E-state index contributed by atoms with van der Waals surface area (Å²) in [5, 5.41) is 4.84. The molecule has 20 heavy (non-hydrogen) atoms. The lowest BCUT2D eigenvalue weighted by atomic mass is 9.84. The van der Waals surface area contributed by atoms with Gasteiger partial charge in [0, 0.05) is 28.8 Å². The number of nitrogens with zero attached hydrogens (tertiary/aromatic N) is 2. The van der Waals surface area contributed by atoms with Gasteiger partial charge >= 0.3 is 0 Å². The Hall–Kier alpha value is -1.68. The van der Waals surface area contributed by atoms with Gasteiger partial charge < -0.3 is 10.5 Å². The van der Waals surface area contributed by atoms with Crippen molar-refractivity contribution < 1.29 is 4.74 Å². The Kier molecular flexibility index (Phi) is 3.69. The van der Waals surface area contributed by atoms with E-state index in [0.717, 1.165) is 22.4 Å². The largest absolute Gasteiger partial charge is 0.496 e. The molecule has 0 bridgehead atoms. The number of rotatable bonds is 2. The molecule has 0 amide bonds. The van der Waals surface area contributed by atoms with Crippen molar-refractivity contribution in [1.82, 2.24) is 9.78 Å². The van der Waals surface area contributed by atoms with E-state index in [-0.39, 0.29) is 5.41 Å². The molecule has 0 saturated carbocycles. The highest BCUT2D eigenvalue weighted by Crippen LogP contribution is 2.42. The number of aryl methyl sites for hydroxylation is 1. The summed E-state index contributed by atoms with van der Waals surface area (Å²) in [6, 6.07) is 3.81. The van der Waals surface area contributed by atoms with E-state index in [2.05, 4.69) is 25.9 Å². The molecule has 2 aromatic rings. The highest BCUT2D eigenvalue weighted by Gasteiger charge is 2.24. The molecule has 0 aliphatic carbocycles. The third-order valence-corrected chi connectivity index (χ3v) is 3.56. The Labute approximate surface area is 124 Å². The van der Waals surface area contributed by atoms with Crippen molar-refractivity contribution in [1.29, 1.82) is 0 Å². The fourth-order valence-corrected chi connectivity index (χ4v) is 2.44. The van der Waals surface area contributed by atoms with Crippen LogP contribution >= 0.6 is 11.6 Å². The number of aromatic nitrogens is 2. The minimum absolute atomic E-state index is 0.0814. The van der Waals surface area contributed by atoms with Crippen molar-refractivity contribution in [2.75, 3.05) is 12.8 Å². The number of nitrogens with two attached hydrogens (primary N) is 1. The second-order valence-electron chi connectivity index (χ2n) is 5.85. The van der Waals surface area contributed by atoms with Crippen LogP contribution in [0.25, 0.3) is 11.1 Å². The average molecular weight is 294 g/mol. The normalized spacial score (nSPS) is 11.7. The van der Waals surface area contributed by atoms with Crippen LogP contribution in [0.5, 0.6) is 5.75 Å². The Bertz CT molecular complexity index is 641. The fraction of sp³-hybridized carbons (Fsp3) is 0.400. The maximum atomic E-state index is 6.27. The van der Waals surface area contributed by atoms with E-state index >= 15 is 0 Å². The van der Waals surface area contributed by atoms with Gasteiger partial charge in [0.2, 0.25) is 0 Å². The Balaban J connectivity index is 2.76. The minimum atomic E-state index is -0.0814. The first kappa shape index (κ1) is 14.7. The van der Waals surface area contributed by atoms with Gasteiger partial charge in [-0.25, -0.2) is 0 Å². The van der Waals surface area contributed by atoms with E-state index in [0.29, 0.717) is 10.8 Å². The van der Waals surface area contributed by atoms with Gasteiger partial charge in [0.1, 0.15) is 11.6 Å². The van der Waals surface area contributed by atoms with Gasteiger partial charge in [-0.15, -0.1) is 0 Å². The minimum Gasteiger partial charge on any atom is -0.496 e. The maximum absolute atomic E-state index is 6.27. The van der Waals surface area contributed by atoms with Crippen molar-refractivity contribution in [3.63, 3.8) is 0 Å². The van der Waals surface area contributed by atoms with Crippen molar-refractivity contribution in [2.45, 2.75) is 26.2 Å². The average Bonchev–Trinajstić information content (AvgIpc) is 2.68. The van der Waals surface area contributed by atoms with Crippen LogP contribution < -0.4 is 10.5 Å². The van der Waals surface area contributed by atoms with Gasteiger partial charge in [-0.1, -0.05) is 32.4 Å². The fourth-order valence-electron chi connectivity index (χ4n) is 2.23. The van der Waals surface area contributed by atoms with Crippen molar-refractivity contribution >= 4 is 17.4 Å². The molecule has 4 nitrogen and oxygen atoms in total. The molecule has 0 atom stereocenters. The Morgan fingerprint density at radius 2 is 1.90 bits per heavy atom. The number of benzene rings is 1. The van der Waals surface area contributed by atoms with E-state index in [9.17, 15) is 0 Å². The van der Waals surface area contributed by atoms with E-state index < -0.39 is 0 Å². The topological polar surface area (TPSA) is 53.1 Å². The van der Waals surface area contributed by atoms with E-state index in [1.54, 1.807) is 25.0 Å². The molecule has 108 valence electrons. The SMILES string of the molecule is COc1c(-c2cnn(C)c2N)cc(Cl)cc1C(C)(C)C. The van der Waals surface area contributed by atoms with Crippen molar-refractivity contribution in [3.8, 4) is 16.9 Å². The van der Waals surface area contributed by atoms with Crippen molar-refractivity contribution in [2.24, 2.45) is 7.05 Å². The van der Waals surface area contributed by atoms with Gasteiger partial charge in [-0.3, -0.25) is 4.68 Å². The Morgan fingerprint density at radius 1 is 1.25 bits per heavy atom. The summed E-state index contributed by atoms with van der Waals surface area (Å²) < 4.78 is 7.26. The first-order valence-corrected chi connectivity index (χ1v) is 6.79. The molecule has 0 radical (unpaired) electrons. The summed E-state index contributed by atoms with van der Waals surface area (Å²) in [5.74, 6) is 1.38. The van der Waals surface area contributed by atoms with Crippen LogP contribution in [0, 0.1) is 0 Å². The number of anilines is 1. The lowest BCUT2D eigenvalue weighted by Crippen LogP contribution is -2.13. The molecule has 5 heteroatoms. The first-order valence-electron chi connectivity index (χ1n) is 6.41. The standard InChI is InChI=1S/C15H20ClN3O/c1-15(2,3)12-7-9(16)6-10(13(12)20-5)11-8-18-19(4)14(11)17/h6-8H,17H2,1-5H3. The second-order valence-corrected chi connectivity index (χ2v) is 6.29. The van der Waals surface area contributed by atoms with Gasteiger partial charge in [0.05, 0.1) is 13.3 Å². The number of halogens is 1. The molecule has 0 spiro atoms. The summed E-state index contributed by atoms with van der Waals surface area (Å²) in [5.41, 5.74) is 8.74. The molecule has 0 saturated heterocycles. The van der Waals surface area contributed by atoms with E-state index in [4.69, 9.17) is 22.1 Å². The molecule has 1 heterocycles. The molecular formula is C15H20ClN3O. The van der Waals surface area contributed by atoms with Gasteiger partial charge in [0.25, 0.3) is 0 Å². The monoisotopic (exact) mass is 293 g/mol. The van der Waals surface area contributed by atoms with E-state index in [1.165, 1.54) is 0 Å². The van der Waals surface area contributed by atoms with E-state index in [1.807, 2.05) is 12.1 Å². The molecule has 2 N–H and O–H groups in total. The first-order chi connectivity index (χ1) is 9.25. The lowest BCUT2D eigenvalue weighted by molar-refractivity contribution is 0.399. The highest BCUT2D eigenvalue weighted by molar-refractivity contribution is 6.31. The molecule has 2 rings (SSSR count). The molecular weight excluding hydrogens is 274 g/mol. The van der Waals surface area contributed by atoms with Crippen LogP contribution in [0.15, 0.2) is 18.3 Å². The number of hydrogen-bond donors (Lipinski definition) is 1. The zero-order valence-corrected chi connectivity index (χ0v) is 13.2. The quantitative estimate of drug-likeness (QED) is 0.920. The molecule has 0 unspecified atom stereocenters. The molecule has 1 aromatic heterocycles. The summed E-state index contributed by atoms with van der Waals surface area (Å²) >= 11 is 6.27. The predicted molar refractivity (Wildman–Crippen MR) is 83.3 cm³/mol. The van der Waals surface area contributed by atoms with Crippen LogP contribution in [0.4, 0.5) is 5.82 Å². The van der Waals surface area contributed by atoms with Crippen LogP contribution in [0.1, 0.15) is 26.3 Å². The predicted octanol–water partition coefficient (Wildman–Crippen LogP) is 3.63. The summed E-state index contributed by atoms with van der Waals surface area (Å²) in [4.78, 5) is 0. The van der Waals surface area contributed by atoms with Crippen LogP contribution in [0.2, 0.25) is 5.02 Å². The van der Waals surface area contributed by atoms with Gasteiger partial charge in [-0.2, -0.15) is 5.10 Å². The van der Waals surface area contributed by atoms with Crippen LogP contribution in [-0.2, 0) is 12.5 Å². The molecule has 0 aliphatic rings. The van der Waals surface area contributed by atoms with Gasteiger partial charge in [0.15, 0.2) is 0 Å². The summed E-state index contributed by atoms with van der Waals surface area (Å²) in [7, 11) is 3.47. The lowest BCUT2D eigenvalue weighted by Gasteiger charge is -2.24. The molecule has 0 fully saturated rings. The third kappa shape index (κ3) is 2.48. The number of hydrogen-bond acceptors (Lipinski definition) is 3. The zero-order chi connectivity index (χ0) is 15.1. The Morgan fingerprint density at radius 3 is 2.35 bits per heavy atom. The maximum Gasteiger partial charge on any atom is 0.130 e. The highest BCUT2D eigenvalue weighted by atomic mass is 35.5. The molecule has 0 aliphatic heterocycles. The zero-order valence-electron chi connectivity index (χ0n) is 12.5. The van der Waals surface area contributed by atoms with Crippen LogP contribution in [-0.4, -0.2) is 16.9 Å². The van der Waals surface area contributed by atoms with Crippen LogP contribution in [0.3, 0.4) is 0 Å². The smallest absolute Gasteiger partial charge is 0.130 e. The summed E-state index contributed by atoms with van der Waals surface area (Å²) in [6.07, 6.45) is 1.73.